The zero-order chi connectivity index (χ0) is 10.9. The Balaban J connectivity index is 0.00000128. The first-order valence-corrected chi connectivity index (χ1v) is 6.12. The topological polar surface area (TPSA) is 103 Å². The van der Waals surface area contributed by atoms with Gasteiger partial charge in [-0.25, -0.2) is 0 Å². The molecule has 0 spiro atoms. The minimum atomic E-state index is -3.55. The predicted molar refractivity (Wildman–Crippen MR) is 61.0 cm³/mol. The Labute approximate surface area is 93.8 Å². The summed E-state index contributed by atoms with van der Waals surface area (Å²) in [6.45, 7) is 1.97. The van der Waals surface area contributed by atoms with Crippen LogP contribution in [0.3, 0.4) is 0 Å². The second-order valence-electron chi connectivity index (χ2n) is 3.26. The summed E-state index contributed by atoms with van der Waals surface area (Å²) in [7, 11) is -3.55. The quantitative estimate of drug-likeness (QED) is 0.820. The average Bonchev–Trinajstić information content (AvgIpc) is 2.17. The number of anilines is 1. The normalized spacial score (nSPS) is 16.4. The second kappa shape index (κ2) is 4.58. The third-order valence-electron chi connectivity index (χ3n) is 2.06. The predicted octanol–water partition coefficient (Wildman–Crippen LogP) is 0.570. The van der Waals surface area contributed by atoms with Crippen molar-refractivity contribution in [3.63, 3.8) is 0 Å². The van der Waals surface area contributed by atoms with Gasteiger partial charge in [-0.3, -0.25) is 4.98 Å². The molecule has 0 aliphatic carbocycles. The zero-order valence-corrected chi connectivity index (χ0v) is 9.58. The monoisotopic (exact) mass is 243 g/mol. The molecule has 3 N–H and O–H groups in total. The second-order valence-corrected chi connectivity index (χ2v) is 4.83. The molecule has 6 nitrogen and oxygen atoms in total. The van der Waals surface area contributed by atoms with Gasteiger partial charge in [0.2, 0.25) is 0 Å². The van der Waals surface area contributed by atoms with Crippen LogP contribution in [0, 0.1) is 0 Å². The van der Waals surface area contributed by atoms with Crippen molar-refractivity contribution in [1.82, 2.24) is 4.98 Å². The molecule has 16 heavy (non-hydrogen) atoms. The van der Waals surface area contributed by atoms with Gasteiger partial charge in [0.15, 0.2) is 0 Å². The van der Waals surface area contributed by atoms with Gasteiger partial charge in [0, 0.05) is 18.8 Å². The maximum absolute atomic E-state index is 11.7. The Bertz CT molecular complexity index is 510. The summed E-state index contributed by atoms with van der Waals surface area (Å²) in [5.41, 5.74) is 0.559. The summed E-state index contributed by atoms with van der Waals surface area (Å²) in [6.07, 6.45) is 4.34. The van der Waals surface area contributed by atoms with Crippen LogP contribution in [0.2, 0.25) is 0 Å². The van der Waals surface area contributed by atoms with E-state index in [1.54, 1.807) is 12.3 Å². The summed E-state index contributed by atoms with van der Waals surface area (Å²) >= 11 is 0. The molecule has 0 amide bonds. The molecule has 0 aromatic carbocycles. The molecule has 2 heterocycles. The molecular formula is C9H13N3O3S. The van der Waals surface area contributed by atoms with Crippen molar-refractivity contribution in [1.29, 1.82) is 0 Å². The van der Waals surface area contributed by atoms with Gasteiger partial charge in [0.05, 0.1) is 5.69 Å². The molecule has 1 aromatic heterocycles. The molecular weight excluding hydrogens is 230 g/mol. The molecule has 0 atom stereocenters. The first-order chi connectivity index (χ1) is 7.13. The fraction of sp³-hybridized carbons (Fsp3) is 0.333. The Morgan fingerprint density at radius 2 is 2.19 bits per heavy atom. The van der Waals surface area contributed by atoms with Gasteiger partial charge in [-0.1, -0.05) is 6.92 Å². The van der Waals surface area contributed by atoms with Crippen LogP contribution < -0.4 is 5.32 Å². The number of rotatable bonds is 2. The van der Waals surface area contributed by atoms with Crippen molar-refractivity contribution in [3.05, 3.63) is 18.5 Å². The Kier molecular flexibility index (Phi) is 3.61. The van der Waals surface area contributed by atoms with E-state index in [0.29, 0.717) is 17.9 Å². The van der Waals surface area contributed by atoms with E-state index < -0.39 is 10.0 Å². The summed E-state index contributed by atoms with van der Waals surface area (Å²) in [6, 6.07) is 1.64. The van der Waals surface area contributed by atoms with Crippen molar-refractivity contribution in [2.45, 2.75) is 24.7 Å². The first-order valence-electron chi connectivity index (χ1n) is 4.68. The maximum atomic E-state index is 11.7. The van der Waals surface area contributed by atoms with E-state index in [-0.39, 0.29) is 10.4 Å². The van der Waals surface area contributed by atoms with Crippen LogP contribution >= 0.6 is 0 Å². The average molecular weight is 243 g/mol. The summed E-state index contributed by atoms with van der Waals surface area (Å²) in [4.78, 5) is 3.92. The molecule has 0 bridgehead atoms. The molecule has 0 saturated heterocycles. The lowest BCUT2D eigenvalue weighted by molar-refractivity contribution is 0.597. The highest BCUT2D eigenvalue weighted by molar-refractivity contribution is 7.90. The molecule has 0 radical (unpaired) electrons. The van der Waals surface area contributed by atoms with E-state index in [2.05, 4.69) is 14.7 Å². The number of aromatic nitrogens is 1. The first kappa shape index (κ1) is 12.6. The van der Waals surface area contributed by atoms with E-state index >= 15 is 0 Å². The Morgan fingerprint density at radius 1 is 1.44 bits per heavy atom. The van der Waals surface area contributed by atoms with E-state index in [4.69, 9.17) is 0 Å². The highest BCUT2D eigenvalue weighted by Gasteiger charge is 2.24. The number of fused-ring (bicyclic) bond motifs is 1. The number of nitrogens with one attached hydrogen (secondary N) is 1. The van der Waals surface area contributed by atoms with E-state index in [1.807, 2.05) is 6.92 Å². The number of amidine groups is 1. The molecule has 7 heteroatoms. The van der Waals surface area contributed by atoms with Crippen molar-refractivity contribution < 1.29 is 13.9 Å². The molecule has 88 valence electrons. The van der Waals surface area contributed by atoms with Crippen molar-refractivity contribution >= 4 is 21.5 Å². The smallest absolute Gasteiger partial charge is 0.287 e. The standard InChI is InChI=1S/C9H11N3O2S.H2O/c1-2-3-9-11-7-4-5-10-6-8(7)15(13,14)12-9;/h4-6H,2-3H2,1H3,(H,11,12);1H2. The fourth-order valence-electron chi connectivity index (χ4n) is 1.41. The van der Waals surface area contributed by atoms with Crippen LogP contribution in [-0.4, -0.2) is 24.7 Å². The molecule has 1 aliphatic rings. The largest absolute Gasteiger partial charge is 0.412 e. The van der Waals surface area contributed by atoms with Gasteiger partial charge in [0.1, 0.15) is 10.7 Å². The third-order valence-corrected chi connectivity index (χ3v) is 3.40. The summed E-state index contributed by atoms with van der Waals surface area (Å²) < 4.78 is 27.1. The number of pyridine rings is 1. The number of sulfonamides is 1. The van der Waals surface area contributed by atoms with Crippen LogP contribution in [-0.2, 0) is 10.0 Å². The fourth-order valence-corrected chi connectivity index (χ4v) is 2.52. The van der Waals surface area contributed by atoms with E-state index in [1.165, 1.54) is 6.20 Å². The van der Waals surface area contributed by atoms with Crippen molar-refractivity contribution in [3.8, 4) is 0 Å². The molecule has 1 aromatic rings. The van der Waals surface area contributed by atoms with Crippen LogP contribution in [0.15, 0.2) is 27.8 Å². The van der Waals surface area contributed by atoms with Gasteiger partial charge in [0.25, 0.3) is 10.0 Å². The Hall–Kier alpha value is -1.47. The molecule has 0 saturated carbocycles. The van der Waals surface area contributed by atoms with Crippen LogP contribution in [0.4, 0.5) is 5.69 Å². The van der Waals surface area contributed by atoms with E-state index in [0.717, 1.165) is 6.42 Å². The van der Waals surface area contributed by atoms with Crippen LogP contribution in [0.5, 0.6) is 0 Å². The SMILES string of the molecule is CCCC1=NS(=O)(=O)c2cnccc2N1.O. The Morgan fingerprint density at radius 3 is 2.88 bits per heavy atom. The molecule has 0 fully saturated rings. The minimum absolute atomic E-state index is 0. The third kappa shape index (κ3) is 2.20. The van der Waals surface area contributed by atoms with E-state index in [9.17, 15) is 8.42 Å². The highest BCUT2D eigenvalue weighted by Crippen LogP contribution is 2.26. The molecule has 2 rings (SSSR count). The minimum Gasteiger partial charge on any atom is -0.412 e. The lowest BCUT2D eigenvalue weighted by atomic mass is 10.3. The molecule has 1 aliphatic heterocycles. The van der Waals surface area contributed by atoms with Gasteiger partial charge < -0.3 is 10.8 Å². The lowest BCUT2D eigenvalue weighted by Crippen LogP contribution is -2.21. The van der Waals surface area contributed by atoms with Gasteiger partial charge >= 0.3 is 0 Å². The lowest BCUT2D eigenvalue weighted by Gasteiger charge is -2.16. The van der Waals surface area contributed by atoms with Gasteiger partial charge in [-0.2, -0.15) is 8.42 Å². The van der Waals surface area contributed by atoms with Crippen molar-refractivity contribution in [2.24, 2.45) is 4.40 Å². The summed E-state index contributed by atoms with van der Waals surface area (Å²) in [5, 5.41) is 2.98. The number of hydrogen-bond acceptors (Lipinski definition) is 4. The maximum Gasteiger partial charge on any atom is 0.287 e. The number of nitrogens with zero attached hydrogens (tertiary/aromatic N) is 2. The van der Waals surface area contributed by atoms with Crippen LogP contribution in [0.1, 0.15) is 19.8 Å². The zero-order valence-electron chi connectivity index (χ0n) is 8.77. The van der Waals surface area contributed by atoms with Gasteiger partial charge in [-0.05, 0) is 12.5 Å². The van der Waals surface area contributed by atoms with Crippen molar-refractivity contribution in [2.75, 3.05) is 5.32 Å². The number of hydrogen-bond donors (Lipinski definition) is 1. The van der Waals surface area contributed by atoms with Gasteiger partial charge in [-0.15, -0.1) is 4.40 Å². The summed E-state index contributed by atoms with van der Waals surface area (Å²) in [5.74, 6) is 0.496. The molecule has 0 unspecified atom stereocenters. The highest BCUT2D eigenvalue weighted by atomic mass is 32.2. The van der Waals surface area contributed by atoms with Crippen LogP contribution in [0.25, 0.3) is 0 Å².